The zero-order chi connectivity index (χ0) is 20.9. The van der Waals surface area contributed by atoms with Crippen LogP contribution in [0.4, 0.5) is 18.3 Å². The van der Waals surface area contributed by atoms with E-state index in [9.17, 15) is 18.0 Å². The van der Waals surface area contributed by atoms with Crippen molar-refractivity contribution >= 4 is 28.5 Å². The highest BCUT2D eigenvalue weighted by molar-refractivity contribution is 7.14. The fraction of sp³-hybridized carbons (Fsp3) is 0.182. The Morgan fingerprint density at radius 3 is 2.62 bits per heavy atom. The van der Waals surface area contributed by atoms with E-state index >= 15 is 0 Å². The molecule has 0 atom stereocenters. The fourth-order valence-corrected chi connectivity index (χ4v) is 3.45. The number of carbonyl (C=O) groups excluding carboxylic acids is 1. The predicted octanol–water partition coefficient (Wildman–Crippen LogP) is 6.43. The van der Waals surface area contributed by atoms with Crippen LogP contribution in [0, 0.1) is 0 Å². The van der Waals surface area contributed by atoms with Gasteiger partial charge in [-0.05, 0) is 35.8 Å². The average Bonchev–Trinajstić information content (AvgIpc) is 3.15. The highest BCUT2D eigenvalue weighted by Crippen LogP contribution is 2.30. The number of rotatable bonds is 6. The molecule has 0 radical (unpaired) electrons. The van der Waals surface area contributed by atoms with Crippen LogP contribution < -0.4 is 5.32 Å². The van der Waals surface area contributed by atoms with Gasteiger partial charge < -0.3 is 0 Å². The Labute approximate surface area is 170 Å². The second-order valence-electron chi connectivity index (χ2n) is 6.43. The number of carbonyl (C=O) groups is 1. The number of nitrogens with zero attached hydrogens (tertiary/aromatic N) is 1. The molecule has 3 nitrogen and oxygen atoms in total. The number of benzene rings is 2. The van der Waals surface area contributed by atoms with Crippen LogP contribution in [0.3, 0.4) is 0 Å². The lowest BCUT2D eigenvalue weighted by atomic mass is 10.1. The molecule has 1 heterocycles. The third-order valence-electron chi connectivity index (χ3n) is 4.16. The molecule has 150 valence electrons. The molecule has 0 aliphatic carbocycles. The van der Waals surface area contributed by atoms with Gasteiger partial charge in [-0.3, -0.25) is 10.1 Å². The standard InChI is InChI=1S/C22H19F3N2OS/c1-2-4-15-7-10-17(11-8-15)19-14-29-21(26-19)27-20(28)12-9-16-5-3-6-18(13-16)22(23,24)25/h3,5-14H,2,4H2,1H3,(H,26,27,28). The first-order chi connectivity index (χ1) is 13.8. The molecule has 0 saturated carbocycles. The summed E-state index contributed by atoms with van der Waals surface area (Å²) in [7, 11) is 0. The van der Waals surface area contributed by atoms with Gasteiger partial charge in [0.2, 0.25) is 5.91 Å². The normalized spacial score (nSPS) is 11.7. The van der Waals surface area contributed by atoms with Crippen LogP contribution in [0.25, 0.3) is 17.3 Å². The van der Waals surface area contributed by atoms with Crippen molar-refractivity contribution in [3.8, 4) is 11.3 Å². The molecule has 2 aromatic carbocycles. The van der Waals surface area contributed by atoms with E-state index in [2.05, 4.69) is 29.4 Å². The van der Waals surface area contributed by atoms with Gasteiger partial charge in [0.25, 0.3) is 0 Å². The van der Waals surface area contributed by atoms with Gasteiger partial charge in [0.1, 0.15) is 0 Å². The number of halogens is 3. The predicted molar refractivity (Wildman–Crippen MR) is 111 cm³/mol. The number of alkyl halides is 3. The van der Waals surface area contributed by atoms with Gasteiger partial charge in [-0.2, -0.15) is 13.2 Å². The minimum Gasteiger partial charge on any atom is -0.298 e. The number of hydrogen-bond donors (Lipinski definition) is 1. The third kappa shape index (κ3) is 5.77. The average molecular weight is 416 g/mol. The molecule has 0 aliphatic rings. The maximum absolute atomic E-state index is 12.7. The van der Waals surface area contributed by atoms with Gasteiger partial charge in [-0.1, -0.05) is 49.7 Å². The molecule has 0 bridgehead atoms. The molecular weight excluding hydrogens is 397 g/mol. The van der Waals surface area contributed by atoms with E-state index in [1.807, 2.05) is 17.5 Å². The van der Waals surface area contributed by atoms with E-state index in [-0.39, 0.29) is 0 Å². The summed E-state index contributed by atoms with van der Waals surface area (Å²) in [5, 5.41) is 4.91. The van der Waals surface area contributed by atoms with Crippen LogP contribution in [0.15, 0.2) is 60.0 Å². The van der Waals surface area contributed by atoms with Gasteiger partial charge in [-0.25, -0.2) is 4.98 Å². The van der Waals surface area contributed by atoms with Gasteiger partial charge in [0.05, 0.1) is 11.3 Å². The molecule has 7 heteroatoms. The van der Waals surface area contributed by atoms with Crippen LogP contribution in [0.1, 0.15) is 30.0 Å². The summed E-state index contributed by atoms with van der Waals surface area (Å²) in [5.41, 5.74) is 2.52. The molecule has 29 heavy (non-hydrogen) atoms. The SMILES string of the molecule is CCCc1ccc(-c2csc(NC(=O)C=Cc3cccc(C(F)(F)F)c3)n2)cc1. The van der Waals surface area contributed by atoms with E-state index in [4.69, 9.17) is 0 Å². The van der Waals surface area contributed by atoms with Crippen LogP contribution in [-0.4, -0.2) is 10.9 Å². The monoisotopic (exact) mass is 416 g/mol. The Bertz CT molecular complexity index is 1010. The minimum atomic E-state index is -4.42. The van der Waals surface area contributed by atoms with Crippen molar-refractivity contribution < 1.29 is 18.0 Å². The smallest absolute Gasteiger partial charge is 0.298 e. The molecule has 0 aliphatic heterocycles. The van der Waals surface area contributed by atoms with Crippen molar-refractivity contribution in [1.82, 2.24) is 4.98 Å². The lowest BCUT2D eigenvalue weighted by Crippen LogP contribution is -2.07. The topological polar surface area (TPSA) is 42.0 Å². The van der Waals surface area contributed by atoms with Crippen molar-refractivity contribution in [1.29, 1.82) is 0 Å². The zero-order valence-corrected chi connectivity index (χ0v) is 16.5. The molecule has 1 aromatic heterocycles. The maximum atomic E-state index is 12.7. The summed E-state index contributed by atoms with van der Waals surface area (Å²) >= 11 is 1.29. The molecular formula is C22H19F3N2OS. The summed E-state index contributed by atoms with van der Waals surface area (Å²) in [4.78, 5) is 16.5. The van der Waals surface area contributed by atoms with Gasteiger partial charge in [0.15, 0.2) is 5.13 Å². The number of anilines is 1. The first-order valence-corrected chi connectivity index (χ1v) is 9.94. The highest BCUT2D eigenvalue weighted by Gasteiger charge is 2.30. The number of aromatic nitrogens is 1. The highest BCUT2D eigenvalue weighted by atomic mass is 32.1. The van der Waals surface area contributed by atoms with E-state index in [1.54, 1.807) is 0 Å². The molecule has 0 spiro atoms. The van der Waals surface area contributed by atoms with Crippen molar-refractivity contribution in [3.05, 3.63) is 76.7 Å². The van der Waals surface area contributed by atoms with E-state index in [0.717, 1.165) is 36.2 Å². The van der Waals surface area contributed by atoms with Crippen molar-refractivity contribution in [2.45, 2.75) is 25.9 Å². The summed E-state index contributed by atoms with van der Waals surface area (Å²) in [6.07, 6.45) is 0.219. The van der Waals surface area contributed by atoms with E-state index < -0.39 is 17.6 Å². The maximum Gasteiger partial charge on any atom is 0.416 e. The lowest BCUT2D eigenvalue weighted by Gasteiger charge is -2.06. The second kappa shape index (κ2) is 9.05. The number of nitrogens with one attached hydrogen (secondary N) is 1. The van der Waals surface area contributed by atoms with Crippen molar-refractivity contribution in [2.75, 3.05) is 5.32 Å². The lowest BCUT2D eigenvalue weighted by molar-refractivity contribution is -0.137. The fourth-order valence-electron chi connectivity index (χ4n) is 2.73. The molecule has 1 N–H and O–H groups in total. The summed E-state index contributed by atoms with van der Waals surface area (Å²) < 4.78 is 38.2. The second-order valence-corrected chi connectivity index (χ2v) is 7.29. The molecule has 0 saturated heterocycles. The van der Waals surface area contributed by atoms with Crippen LogP contribution in [-0.2, 0) is 17.4 Å². The summed E-state index contributed by atoms with van der Waals surface area (Å²) in [6, 6.07) is 12.9. The van der Waals surface area contributed by atoms with Crippen LogP contribution in [0.5, 0.6) is 0 Å². The Balaban J connectivity index is 1.64. The van der Waals surface area contributed by atoms with Crippen molar-refractivity contribution in [2.24, 2.45) is 0 Å². The summed E-state index contributed by atoms with van der Waals surface area (Å²) in [5.74, 6) is -0.457. The van der Waals surface area contributed by atoms with Gasteiger partial charge in [-0.15, -0.1) is 11.3 Å². The number of amides is 1. The minimum absolute atomic E-state index is 0.293. The third-order valence-corrected chi connectivity index (χ3v) is 4.92. The molecule has 3 rings (SSSR count). The van der Waals surface area contributed by atoms with Crippen LogP contribution in [0.2, 0.25) is 0 Å². The molecule has 0 fully saturated rings. The summed E-state index contributed by atoms with van der Waals surface area (Å²) in [6.45, 7) is 2.13. The van der Waals surface area contributed by atoms with E-state index in [1.165, 1.54) is 41.2 Å². The number of aryl methyl sites for hydroxylation is 1. The number of hydrogen-bond acceptors (Lipinski definition) is 3. The van der Waals surface area contributed by atoms with Crippen molar-refractivity contribution in [3.63, 3.8) is 0 Å². The number of thiazole rings is 1. The first kappa shape index (κ1) is 20.8. The van der Waals surface area contributed by atoms with Gasteiger partial charge >= 0.3 is 6.18 Å². The Hall–Kier alpha value is -2.93. The first-order valence-electron chi connectivity index (χ1n) is 9.06. The zero-order valence-electron chi connectivity index (χ0n) is 15.7. The van der Waals surface area contributed by atoms with E-state index in [0.29, 0.717) is 10.7 Å². The van der Waals surface area contributed by atoms with Crippen LogP contribution >= 0.6 is 11.3 Å². The molecule has 1 amide bonds. The Morgan fingerprint density at radius 2 is 1.93 bits per heavy atom. The largest absolute Gasteiger partial charge is 0.416 e. The molecule has 3 aromatic rings. The quantitative estimate of drug-likeness (QED) is 0.470. The Kier molecular flexibility index (Phi) is 6.49. The van der Waals surface area contributed by atoms with Gasteiger partial charge in [0, 0.05) is 17.0 Å². The molecule has 0 unspecified atom stereocenters. The Morgan fingerprint density at radius 1 is 1.17 bits per heavy atom.